The Hall–Kier alpha value is -1.97. The number of hydrazone groups is 1. The van der Waals surface area contributed by atoms with Gasteiger partial charge in [0.15, 0.2) is 0 Å². The van der Waals surface area contributed by atoms with Crippen molar-refractivity contribution in [2.45, 2.75) is 45.4 Å². The average Bonchev–Trinajstić information content (AvgIpc) is 3.24. The summed E-state index contributed by atoms with van der Waals surface area (Å²) < 4.78 is 0. The number of rotatable bonds is 3. The van der Waals surface area contributed by atoms with E-state index in [2.05, 4.69) is 36.5 Å². The number of benzene rings is 1. The van der Waals surface area contributed by atoms with Crippen LogP contribution in [0.5, 0.6) is 0 Å². The van der Waals surface area contributed by atoms with Crippen molar-refractivity contribution in [1.29, 1.82) is 0 Å². The van der Waals surface area contributed by atoms with Crippen molar-refractivity contribution in [2.75, 3.05) is 0 Å². The highest BCUT2D eigenvalue weighted by molar-refractivity contribution is 6.05. The van der Waals surface area contributed by atoms with E-state index in [1.165, 1.54) is 5.56 Å². The third-order valence-electron chi connectivity index (χ3n) is 4.44. The van der Waals surface area contributed by atoms with Gasteiger partial charge in [0.2, 0.25) is 5.91 Å². The monoisotopic (exact) mass is 298 g/mol. The predicted octanol–water partition coefficient (Wildman–Crippen LogP) is 3.04. The molecule has 2 fully saturated rings. The Morgan fingerprint density at radius 3 is 2.64 bits per heavy atom. The van der Waals surface area contributed by atoms with E-state index < -0.39 is 0 Å². The SMILES string of the molecule is CC1(C)CC(=O)C/C(=N/NC(=O)C2CC2c2ccccc2)C1. The predicted molar refractivity (Wildman–Crippen MR) is 85.5 cm³/mol. The molecule has 3 rings (SSSR count). The molecule has 0 radical (unpaired) electrons. The molecule has 2 atom stereocenters. The number of hydrogen-bond acceptors (Lipinski definition) is 3. The van der Waals surface area contributed by atoms with Gasteiger partial charge < -0.3 is 0 Å². The summed E-state index contributed by atoms with van der Waals surface area (Å²) in [5, 5.41) is 4.21. The maximum Gasteiger partial charge on any atom is 0.243 e. The van der Waals surface area contributed by atoms with Gasteiger partial charge in [0.25, 0.3) is 0 Å². The zero-order chi connectivity index (χ0) is 15.7. The summed E-state index contributed by atoms with van der Waals surface area (Å²) in [4.78, 5) is 23.9. The molecule has 4 heteroatoms. The van der Waals surface area contributed by atoms with E-state index in [0.29, 0.717) is 18.8 Å². The van der Waals surface area contributed by atoms with Crippen LogP contribution < -0.4 is 5.43 Å². The highest BCUT2D eigenvalue weighted by Gasteiger charge is 2.44. The second-order valence-electron chi connectivity index (χ2n) is 7.25. The maximum atomic E-state index is 12.2. The van der Waals surface area contributed by atoms with Gasteiger partial charge in [-0.15, -0.1) is 0 Å². The van der Waals surface area contributed by atoms with E-state index in [4.69, 9.17) is 0 Å². The van der Waals surface area contributed by atoms with Crippen LogP contribution >= 0.6 is 0 Å². The number of hydrogen-bond donors (Lipinski definition) is 1. The molecule has 2 aliphatic carbocycles. The summed E-state index contributed by atoms with van der Waals surface area (Å²) in [7, 11) is 0. The van der Waals surface area contributed by atoms with Crippen molar-refractivity contribution >= 4 is 17.4 Å². The van der Waals surface area contributed by atoms with E-state index in [-0.39, 0.29) is 23.0 Å². The molecule has 1 aromatic carbocycles. The van der Waals surface area contributed by atoms with Gasteiger partial charge in [0.05, 0.1) is 0 Å². The molecule has 0 saturated heterocycles. The van der Waals surface area contributed by atoms with Gasteiger partial charge in [-0.1, -0.05) is 44.2 Å². The Balaban J connectivity index is 1.57. The van der Waals surface area contributed by atoms with Crippen LogP contribution in [0.4, 0.5) is 0 Å². The fourth-order valence-electron chi connectivity index (χ4n) is 3.35. The third-order valence-corrected chi connectivity index (χ3v) is 4.44. The minimum Gasteiger partial charge on any atom is -0.299 e. The molecular formula is C18H22N2O2. The quantitative estimate of drug-likeness (QED) is 0.872. The van der Waals surface area contributed by atoms with Crippen molar-refractivity contribution in [1.82, 2.24) is 5.43 Å². The van der Waals surface area contributed by atoms with Crippen molar-refractivity contribution in [3.8, 4) is 0 Å². The van der Waals surface area contributed by atoms with E-state index >= 15 is 0 Å². The molecule has 0 aliphatic heterocycles. The Bertz CT molecular complexity index is 619. The molecule has 0 aromatic heterocycles. The van der Waals surface area contributed by atoms with Crippen LogP contribution in [0.1, 0.15) is 51.0 Å². The summed E-state index contributed by atoms with van der Waals surface area (Å²) >= 11 is 0. The van der Waals surface area contributed by atoms with Gasteiger partial charge in [-0.2, -0.15) is 5.10 Å². The summed E-state index contributed by atoms with van der Waals surface area (Å²) in [5.74, 6) is 0.500. The van der Waals surface area contributed by atoms with Crippen LogP contribution in [0.15, 0.2) is 35.4 Å². The maximum absolute atomic E-state index is 12.2. The van der Waals surface area contributed by atoms with Gasteiger partial charge in [-0.3, -0.25) is 9.59 Å². The minimum atomic E-state index is -0.0505. The fourth-order valence-corrected chi connectivity index (χ4v) is 3.35. The Morgan fingerprint density at radius 1 is 1.23 bits per heavy atom. The number of carbonyl (C=O) groups is 2. The van der Waals surface area contributed by atoms with Crippen LogP contribution in [-0.4, -0.2) is 17.4 Å². The van der Waals surface area contributed by atoms with Gasteiger partial charge in [-0.25, -0.2) is 5.43 Å². The molecular weight excluding hydrogens is 276 g/mol. The smallest absolute Gasteiger partial charge is 0.243 e. The zero-order valence-corrected chi connectivity index (χ0v) is 13.1. The molecule has 1 aromatic rings. The van der Waals surface area contributed by atoms with E-state index in [0.717, 1.165) is 18.6 Å². The largest absolute Gasteiger partial charge is 0.299 e. The number of ketones is 1. The number of amides is 1. The van der Waals surface area contributed by atoms with Gasteiger partial charge in [0, 0.05) is 24.5 Å². The first-order valence-electron chi connectivity index (χ1n) is 7.86. The van der Waals surface area contributed by atoms with Gasteiger partial charge >= 0.3 is 0 Å². The van der Waals surface area contributed by atoms with E-state index in [1.54, 1.807) is 0 Å². The first-order chi connectivity index (χ1) is 10.4. The van der Waals surface area contributed by atoms with E-state index in [9.17, 15) is 9.59 Å². The lowest BCUT2D eigenvalue weighted by Gasteiger charge is -2.29. The van der Waals surface area contributed by atoms with Crippen molar-refractivity contribution in [3.63, 3.8) is 0 Å². The van der Waals surface area contributed by atoms with Crippen LogP contribution in [0.25, 0.3) is 0 Å². The number of carbonyl (C=O) groups excluding carboxylic acids is 2. The highest BCUT2D eigenvalue weighted by atomic mass is 16.2. The molecule has 0 spiro atoms. The fraction of sp³-hybridized carbons (Fsp3) is 0.500. The first kappa shape index (κ1) is 14.9. The zero-order valence-electron chi connectivity index (χ0n) is 13.1. The number of nitrogens with zero attached hydrogens (tertiary/aromatic N) is 1. The third kappa shape index (κ3) is 3.43. The summed E-state index contributed by atoms with van der Waals surface area (Å²) in [6.45, 7) is 4.13. The molecule has 1 amide bonds. The number of nitrogens with one attached hydrogen (secondary N) is 1. The second-order valence-corrected chi connectivity index (χ2v) is 7.25. The van der Waals surface area contributed by atoms with E-state index in [1.807, 2.05) is 18.2 Å². The molecule has 0 bridgehead atoms. The van der Waals surface area contributed by atoms with Crippen LogP contribution in [0.3, 0.4) is 0 Å². The molecule has 1 N–H and O–H groups in total. The minimum absolute atomic E-state index is 0.0130. The van der Waals surface area contributed by atoms with Crippen molar-refractivity contribution < 1.29 is 9.59 Å². The Labute approximate surface area is 131 Å². The molecule has 0 heterocycles. The first-order valence-corrected chi connectivity index (χ1v) is 7.86. The molecule has 2 saturated carbocycles. The van der Waals surface area contributed by atoms with Crippen LogP contribution in [0, 0.1) is 11.3 Å². The molecule has 116 valence electrons. The summed E-state index contributed by atoms with van der Waals surface area (Å²) in [5.41, 5.74) is 4.63. The van der Waals surface area contributed by atoms with Gasteiger partial charge in [-0.05, 0) is 29.7 Å². The highest BCUT2D eigenvalue weighted by Crippen LogP contribution is 2.47. The molecule has 2 unspecified atom stereocenters. The lowest BCUT2D eigenvalue weighted by molar-refractivity contribution is -0.123. The Kier molecular flexibility index (Phi) is 3.85. The lowest BCUT2D eigenvalue weighted by Crippen LogP contribution is -2.31. The molecule has 4 nitrogen and oxygen atoms in total. The summed E-state index contributed by atoms with van der Waals surface area (Å²) in [6, 6.07) is 10.1. The molecule has 2 aliphatic rings. The normalized spacial score (nSPS) is 28.5. The van der Waals surface area contributed by atoms with Gasteiger partial charge in [0.1, 0.15) is 5.78 Å². The molecule has 22 heavy (non-hydrogen) atoms. The lowest BCUT2D eigenvalue weighted by atomic mass is 9.76. The average molecular weight is 298 g/mol. The van der Waals surface area contributed by atoms with Crippen LogP contribution in [0.2, 0.25) is 0 Å². The Morgan fingerprint density at radius 2 is 1.95 bits per heavy atom. The second kappa shape index (κ2) is 5.67. The van der Waals surface area contributed by atoms with Crippen molar-refractivity contribution in [3.05, 3.63) is 35.9 Å². The number of Topliss-reactive ketones (excluding diaryl/α,β-unsaturated/α-hetero) is 1. The van der Waals surface area contributed by atoms with Crippen molar-refractivity contribution in [2.24, 2.45) is 16.4 Å². The van der Waals surface area contributed by atoms with Crippen LogP contribution in [-0.2, 0) is 9.59 Å². The standard InChI is InChI=1S/C18H22N2O2/c1-18(2)10-13(8-14(21)11-18)19-20-17(22)16-9-15(16)12-6-4-3-5-7-12/h3-7,15-16H,8-11H2,1-2H3,(H,20,22)/b19-13-. The summed E-state index contributed by atoms with van der Waals surface area (Å²) in [6.07, 6.45) is 2.62. The topological polar surface area (TPSA) is 58.5 Å².